The van der Waals surface area contributed by atoms with Gasteiger partial charge in [-0.15, -0.1) is 0 Å². The van der Waals surface area contributed by atoms with Gasteiger partial charge in [0.05, 0.1) is 6.61 Å². The quantitative estimate of drug-likeness (QED) is 0.0196. The first-order valence-electron chi connectivity index (χ1n) is 26.5. The van der Waals surface area contributed by atoms with Crippen molar-refractivity contribution in [1.29, 1.82) is 0 Å². The topological polar surface area (TPSA) is 186 Å². The molecule has 2 unspecified atom stereocenters. The molecule has 0 bridgehead atoms. The molecule has 0 aromatic carbocycles. The van der Waals surface area contributed by atoms with Crippen molar-refractivity contribution in [3.8, 4) is 0 Å². The van der Waals surface area contributed by atoms with E-state index in [9.17, 15) is 37.9 Å². The Balaban J connectivity index is 2.36. The van der Waals surface area contributed by atoms with Crippen LogP contribution in [0.1, 0.15) is 232 Å². The number of carbonyl (C=O) groups excluding carboxylic acids is 2. The first-order valence-corrected chi connectivity index (χ1v) is 28.2. The summed E-state index contributed by atoms with van der Waals surface area (Å²) in [6.07, 6.45) is 41.8. The number of hydrogen-bond donors (Lipinski definition) is 4. The first-order chi connectivity index (χ1) is 32.0. The highest BCUT2D eigenvalue weighted by molar-refractivity contribution is 7.85. The average molecular weight is 957 g/mol. The minimum absolute atomic E-state index is 0.163. The number of unbranched alkanes of at least 4 members (excludes halogenated alkanes) is 27. The van der Waals surface area contributed by atoms with Crippen LogP contribution in [0.2, 0.25) is 0 Å². The van der Waals surface area contributed by atoms with Crippen LogP contribution >= 0.6 is 0 Å². The van der Waals surface area contributed by atoms with Crippen LogP contribution in [0.3, 0.4) is 0 Å². The fourth-order valence-electron chi connectivity index (χ4n) is 8.06. The van der Waals surface area contributed by atoms with E-state index in [1.54, 1.807) is 0 Å². The van der Waals surface area contributed by atoms with Crippen molar-refractivity contribution in [2.24, 2.45) is 0 Å². The summed E-state index contributed by atoms with van der Waals surface area (Å²) >= 11 is 0. The third-order valence-corrected chi connectivity index (χ3v) is 12.9. The standard InChI is InChI=1S/C53H96O12S/c1-3-5-7-9-11-13-15-17-19-21-22-23-24-26-28-30-32-34-36-38-40-42-49(55)64-46(44-63-53-52(58)51(57)50(56)47(65-53)45-66(59,60)61)43-62-48(54)41-39-37-35-33-31-29-27-25-20-18-16-14-12-10-8-6-4-2/h12,14,17-20,46-47,50-53,56-58H,3-11,13,15-16,21-45H2,1-2H3,(H,59,60,61)/b14-12+,19-17+,20-18+/t46-,47-,50-,51?,52?,53+/m1/s1. The molecule has 0 saturated carbocycles. The number of allylic oxidation sites excluding steroid dienone is 6. The second-order valence-electron chi connectivity index (χ2n) is 18.5. The molecule has 0 amide bonds. The van der Waals surface area contributed by atoms with Crippen molar-refractivity contribution in [2.45, 2.75) is 269 Å². The normalized spacial score (nSPS) is 19.6. The summed E-state index contributed by atoms with van der Waals surface area (Å²) in [6.45, 7) is 3.76. The highest BCUT2D eigenvalue weighted by Crippen LogP contribution is 2.24. The van der Waals surface area contributed by atoms with Gasteiger partial charge in [0.1, 0.15) is 36.8 Å². The van der Waals surface area contributed by atoms with Gasteiger partial charge in [-0.05, 0) is 70.6 Å². The zero-order valence-electron chi connectivity index (χ0n) is 41.6. The zero-order chi connectivity index (χ0) is 48.4. The molecule has 0 spiro atoms. The van der Waals surface area contributed by atoms with E-state index in [0.29, 0.717) is 12.8 Å². The number of carbonyl (C=O) groups is 2. The maximum atomic E-state index is 12.9. The van der Waals surface area contributed by atoms with Crippen LogP contribution in [0.5, 0.6) is 0 Å². The summed E-state index contributed by atoms with van der Waals surface area (Å²) in [4.78, 5) is 25.5. The van der Waals surface area contributed by atoms with Crippen LogP contribution in [0, 0.1) is 0 Å². The number of rotatable bonds is 45. The lowest BCUT2D eigenvalue weighted by Gasteiger charge is -2.40. The largest absolute Gasteiger partial charge is 0.462 e. The summed E-state index contributed by atoms with van der Waals surface area (Å²) in [7, 11) is -4.61. The SMILES string of the molecule is CCCCC/C=C/C/C=C/CCCCCCCCCC(=O)OC[C@H](CO[C@H]1O[C@H](CS(=O)(=O)O)[C@@H](O)C(O)C1O)OC(=O)CCCCCCCCCCCCC/C=C/CCCCCCCC. The molecule has 1 saturated heterocycles. The molecule has 66 heavy (non-hydrogen) atoms. The van der Waals surface area contributed by atoms with Gasteiger partial charge in [-0.3, -0.25) is 14.1 Å². The second-order valence-corrected chi connectivity index (χ2v) is 20.0. The third-order valence-electron chi connectivity index (χ3n) is 12.2. The zero-order valence-corrected chi connectivity index (χ0v) is 42.4. The van der Waals surface area contributed by atoms with E-state index in [1.165, 1.54) is 135 Å². The fourth-order valence-corrected chi connectivity index (χ4v) is 8.75. The number of aliphatic hydroxyl groups excluding tert-OH is 3. The molecule has 1 aliphatic heterocycles. The van der Waals surface area contributed by atoms with Gasteiger partial charge in [0.15, 0.2) is 12.4 Å². The number of hydrogen-bond acceptors (Lipinski definition) is 11. The predicted molar refractivity (Wildman–Crippen MR) is 266 cm³/mol. The molecule has 6 atom stereocenters. The van der Waals surface area contributed by atoms with Gasteiger partial charge in [-0.1, -0.05) is 185 Å². The summed E-state index contributed by atoms with van der Waals surface area (Å²) in [6, 6.07) is 0. The van der Waals surface area contributed by atoms with E-state index in [1.807, 2.05) is 0 Å². The molecule has 13 heteroatoms. The van der Waals surface area contributed by atoms with Crippen LogP contribution in [0.4, 0.5) is 0 Å². The monoisotopic (exact) mass is 957 g/mol. The molecule has 1 aliphatic rings. The lowest BCUT2D eigenvalue weighted by atomic mass is 10.00. The van der Waals surface area contributed by atoms with E-state index in [-0.39, 0.29) is 19.4 Å². The second kappa shape index (κ2) is 42.9. The molecule has 1 rings (SSSR count). The molecule has 1 heterocycles. The van der Waals surface area contributed by atoms with Crippen molar-refractivity contribution in [1.82, 2.24) is 0 Å². The van der Waals surface area contributed by atoms with Gasteiger partial charge < -0.3 is 34.3 Å². The lowest BCUT2D eigenvalue weighted by Crippen LogP contribution is -2.60. The first kappa shape index (κ1) is 61.9. The van der Waals surface area contributed by atoms with E-state index in [0.717, 1.165) is 57.8 Å². The van der Waals surface area contributed by atoms with Crippen LogP contribution in [-0.4, -0.2) is 96.0 Å². The summed E-state index contributed by atoms with van der Waals surface area (Å²) in [5, 5.41) is 31.0. The van der Waals surface area contributed by atoms with Crippen molar-refractivity contribution < 1.29 is 56.8 Å². The molecule has 0 aromatic heterocycles. The highest BCUT2D eigenvalue weighted by Gasteiger charge is 2.46. The van der Waals surface area contributed by atoms with E-state index in [2.05, 4.69) is 50.3 Å². The van der Waals surface area contributed by atoms with Crippen LogP contribution in [0.25, 0.3) is 0 Å². The van der Waals surface area contributed by atoms with Crippen molar-refractivity contribution >= 4 is 22.1 Å². The predicted octanol–water partition coefficient (Wildman–Crippen LogP) is 12.1. The minimum Gasteiger partial charge on any atom is -0.462 e. The van der Waals surface area contributed by atoms with Crippen molar-refractivity contribution in [2.75, 3.05) is 19.0 Å². The number of aliphatic hydroxyl groups is 3. The molecule has 0 radical (unpaired) electrons. The van der Waals surface area contributed by atoms with Gasteiger partial charge in [-0.25, -0.2) is 0 Å². The summed E-state index contributed by atoms with van der Waals surface area (Å²) in [5.41, 5.74) is 0. The fraction of sp³-hybridized carbons (Fsp3) is 0.849. The molecular weight excluding hydrogens is 861 g/mol. The maximum Gasteiger partial charge on any atom is 0.306 e. The molecule has 12 nitrogen and oxygen atoms in total. The lowest BCUT2D eigenvalue weighted by molar-refractivity contribution is -0.297. The Bertz CT molecular complexity index is 1350. The minimum atomic E-state index is -4.61. The average Bonchev–Trinajstić information content (AvgIpc) is 3.28. The smallest absolute Gasteiger partial charge is 0.306 e. The summed E-state index contributed by atoms with van der Waals surface area (Å²) in [5.74, 6) is -1.99. The Morgan fingerprint density at radius 1 is 0.515 bits per heavy atom. The molecule has 4 N–H and O–H groups in total. The van der Waals surface area contributed by atoms with Gasteiger partial charge in [-0.2, -0.15) is 8.42 Å². The molecule has 0 aromatic rings. The van der Waals surface area contributed by atoms with E-state index >= 15 is 0 Å². The van der Waals surface area contributed by atoms with Crippen molar-refractivity contribution in [3.05, 3.63) is 36.5 Å². The van der Waals surface area contributed by atoms with Crippen LogP contribution in [-0.2, 0) is 38.7 Å². The van der Waals surface area contributed by atoms with Gasteiger partial charge in [0.2, 0.25) is 0 Å². The molecule has 386 valence electrons. The Morgan fingerprint density at radius 2 is 0.909 bits per heavy atom. The van der Waals surface area contributed by atoms with Gasteiger partial charge in [0, 0.05) is 12.8 Å². The Kier molecular flexibility index (Phi) is 40.3. The molecular formula is C53H96O12S. The summed E-state index contributed by atoms with van der Waals surface area (Å²) < 4.78 is 54.3. The Morgan fingerprint density at radius 3 is 1.38 bits per heavy atom. The van der Waals surface area contributed by atoms with Crippen LogP contribution < -0.4 is 0 Å². The Labute approximate surface area is 401 Å². The number of esters is 2. The van der Waals surface area contributed by atoms with Gasteiger partial charge in [0.25, 0.3) is 10.1 Å². The number of ether oxygens (including phenoxy) is 4. The molecule has 0 aliphatic carbocycles. The maximum absolute atomic E-state index is 12.9. The van der Waals surface area contributed by atoms with E-state index < -0.39 is 71.2 Å². The van der Waals surface area contributed by atoms with E-state index in [4.69, 9.17) is 18.9 Å². The van der Waals surface area contributed by atoms with Gasteiger partial charge >= 0.3 is 11.9 Å². The van der Waals surface area contributed by atoms with Crippen molar-refractivity contribution in [3.63, 3.8) is 0 Å². The molecule has 1 fully saturated rings. The highest BCUT2D eigenvalue weighted by atomic mass is 32.2. The Hall–Kier alpha value is -2.13. The van der Waals surface area contributed by atoms with Crippen LogP contribution in [0.15, 0.2) is 36.5 Å². The third kappa shape index (κ3) is 36.9.